The van der Waals surface area contributed by atoms with Gasteiger partial charge < -0.3 is 5.32 Å². The number of hydrogen-bond acceptors (Lipinski definition) is 2. The van der Waals surface area contributed by atoms with Gasteiger partial charge in [0.25, 0.3) is 5.91 Å². The molecule has 1 fully saturated rings. The average Bonchev–Trinajstić information content (AvgIpc) is 3.39. The number of halogens is 1. The van der Waals surface area contributed by atoms with E-state index in [9.17, 15) is 4.79 Å². The van der Waals surface area contributed by atoms with Crippen LogP contribution in [0, 0.1) is 24.0 Å². The van der Waals surface area contributed by atoms with Crippen LogP contribution in [0.5, 0.6) is 0 Å². The average molecular weight is 448 g/mol. The summed E-state index contributed by atoms with van der Waals surface area (Å²) in [5, 5.41) is 7.62. The molecule has 1 aromatic heterocycles. The molecule has 1 aromatic carbocycles. The van der Waals surface area contributed by atoms with Crippen LogP contribution in [0.25, 0.3) is 4.85 Å². The molecule has 25 heavy (non-hydrogen) atoms. The van der Waals surface area contributed by atoms with E-state index >= 15 is 0 Å². The van der Waals surface area contributed by atoms with Crippen LogP contribution in [0.15, 0.2) is 18.2 Å². The first-order valence-electron chi connectivity index (χ1n) is 8.30. The van der Waals surface area contributed by atoms with E-state index in [1.54, 1.807) is 10.7 Å². The standard InChI is InChI=1S/C19H21IN4O/c1-11-17(20)12(2)24(23-11)19(3,4)18(25)22-16-9-8-14(21-5)10-15(16)13-6-7-13/h8-10,13H,6-7H2,1-4H3,(H,22,25). The summed E-state index contributed by atoms with van der Waals surface area (Å²) in [4.78, 5) is 16.5. The molecule has 1 amide bonds. The Balaban J connectivity index is 1.91. The fourth-order valence-corrected chi connectivity index (χ4v) is 3.34. The zero-order valence-electron chi connectivity index (χ0n) is 14.9. The number of anilines is 1. The van der Waals surface area contributed by atoms with E-state index < -0.39 is 5.54 Å². The fraction of sp³-hybridized carbons (Fsp3) is 0.421. The second-order valence-electron chi connectivity index (χ2n) is 7.07. The van der Waals surface area contributed by atoms with Gasteiger partial charge in [-0.1, -0.05) is 12.1 Å². The molecule has 130 valence electrons. The number of aryl methyl sites for hydroxylation is 1. The van der Waals surface area contributed by atoms with Gasteiger partial charge in [-0.3, -0.25) is 9.48 Å². The predicted molar refractivity (Wildman–Crippen MR) is 107 cm³/mol. The molecule has 0 radical (unpaired) electrons. The Morgan fingerprint density at radius 3 is 2.60 bits per heavy atom. The Labute approximate surface area is 161 Å². The zero-order valence-corrected chi connectivity index (χ0v) is 17.0. The number of hydrogen-bond donors (Lipinski definition) is 1. The van der Waals surface area contributed by atoms with Gasteiger partial charge in [0.15, 0.2) is 5.69 Å². The Morgan fingerprint density at radius 1 is 1.40 bits per heavy atom. The molecule has 0 spiro atoms. The molecule has 3 rings (SSSR count). The second kappa shape index (κ2) is 6.45. The van der Waals surface area contributed by atoms with Gasteiger partial charge in [0.2, 0.25) is 0 Å². The largest absolute Gasteiger partial charge is 0.324 e. The first-order valence-corrected chi connectivity index (χ1v) is 9.38. The number of carbonyl (C=O) groups excluding carboxylic acids is 1. The first-order chi connectivity index (χ1) is 11.8. The van der Waals surface area contributed by atoms with Gasteiger partial charge in [-0.2, -0.15) is 5.10 Å². The van der Waals surface area contributed by atoms with Crippen LogP contribution in [0.3, 0.4) is 0 Å². The molecular formula is C19H21IN4O. The summed E-state index contributed by atoms with van der Waals surface area (Å²) in [6, 6.07) is 5.51. The van der Waals surface area contributed by atoms with Crippen LogP contribution in [-0.4, -0.2) is 15.7 Å². The number of carbonyl (C=O) groups is 1. The topological polar surface area (TPSA) is 51.3 Å². The molecule has 1 saturated carbocycles. The minimum Gasteiger partial charge on any atom is -0.324 e. The first kappa shape index (κ1) is 17.9. The summed E-state index contributed by atoms with van der Waals surface area (Å²) in [5.74, 6) is 0.349. The van der Waals surface area contributed by atoms with Crippen molar-refractivity contribution >= 4 is 39.9 Å². The molecule has 0 aliphatic heterocycles. The number of nitrogens with zero attached hydrogens (tertiary/aromatic N) is 3. The van der Waals surface area contributed by atoms with Crippen molar-refractivity contribution in [3.8, 4) is 0 Å². The summed E-state index contributed by atoms with van der Waals surface area (Å²) in [6.07, 6.45) is 2.23. The van der Waals surface area contributed by atoms with Gasteiger partial charge in [0.1, 0.15) is 5.54 Å². The maximum Gasteiger partial charge on any atom is 0.251 e. The Bertz CT molecular complexity index is 888. The summed E-state index contributed by atoms with van der Waals surface area (Å²) in [7, 11) is 0. The summed E-state index contributed by atoms with van der Waals surface area (Å²) in [6.45, 7) is 14.9. The lowest BCUT2D eigenvalue weighted by atomic mass is 10.0. The molecule has 0 saturated heterocycles. The Morgan fingerprint density at radius 2 is 2.08 bits per heavy atom. The molecule has 2 aromatic rings. The van der Waals surface area contributed by atoms with Crippen LogP contribution in [0.2, 0.25) is 0 Å². The molecular weight excluding hydrogens is 427 g/mol. The smallest absolute Gasteiger partial charge is 0.251 e. The highest BCUT2D eigenvalue weighted by Crippen LogP contribution is 2.45. The van der Waals surface area contributed by atoms with Gasteiger partial charge in [0.05, 0.1) is 21.5 Å². The van der Waals surface area contributed by atoms with Gasteiger partial charge in [-0.25, -0.2) is 4.85 Å². The van der Waals surface area contributed by atoms with E-state index in [-0.39, 0.29) is 5.91 Å². The summed E-state index contributed by atoms with van der Waals surface area (Å²) in [5.41, 5.74) is 3.61. The molecule has 5 nitrogen and oxygen atoms in total. The van der Waals surface area contributed by atoms with Gasteiger partial charge in [-0.15, -0.1) is 0 Å². The molecule has 0 unspecified atom stereocenters. The van der Waals surface area contributed by atoms with E-state index in [1.165, 1.54) is 0 Å². The zero-order chi connectivity index (χ0) is 18.4. The monoisotopic (exact) mass is 448 g/mol. The normalized spacial score (nSPS) is 14.2. The highest BCUT2D eigenvalue weighted by Gasteiger charge is 2.34. The van der Waals surface area contributed by atoms with Crippen LogP contribution in [-0.2, 0) is 10.3 Å². The minimum absolute atomic E-state index is 0.105. The molecule has 1 heterocycles. The number of nitrogens with one attached hydrogen (secondary N) is 1. The third-order valence-electron chi connectivity index (χ3n) is 4.72. The van der Waals surface area contributed by atoms with Crippen molar-refractivity contribution < 1.29 is 4.79 Å². The summed E-state index contributed by atoms with van der Waals surface area (Å²) >= 11 is 2.26. The lowest BCUT2D eigenvalue weighted by molar-refractivity contribution is -0.123. The molecule has 0 bridgehead atoms. The second-order valence-corrected chi connectivity index (χ2v) is 8.15. The third kappa shape index (κ3) is 3.30. The van der Waals surface area contributed by atoms with Crippen LogP contribution in [0.4, 0.5) is 11.4 Å². The quantitative estimate of drug-likeness (QED) is 0.534. The maximum absolute atomic E-state index is 13.0. The SMILES string of the molecule is [C-]#[N+]c1ccc(NC(=O)C(C)(C)n2nc(C)c(I)c2C)c(C2CC2)c1. The molecule has 6 heteroatoms. The Kier molecular flexibility index (Phi) is 4.62. The minimum atomic E-state index is -0.808. The van der Waals surface area contributed by atoms with Gasteiger partial charge in [-0.05, 0) is 80.7 Å². The van der Waals surface area contributed by atoms with Crippen molar-refractivity contribution in [2.24, 2.45) is 0 Å². The lowest BCUT2D eigenvalue weighted by Gasteiger charge is -2.26. The highest BCUT2D eigenvalue weighted by molar-refractivity contribution is 14.1. The lowest BCUT2D eigenvalue weighted by Crippen LogP contribution is -2.41. The van der Waals surface area contributed by atoms with E-state index in [4.69, 9.17) is 6.57 Å². The van der Waals surface area contributed by atoms with E-state index in [1.807, 2.05) is 39.8 Å². The number of rotatable bonds is 4. The number of benzene rings is 1. The van der Waals surface area contributed by atoms with E-state index in [0.29, 0.717) is 11.6 Å². The molecule has 0 atom stereocenters. The summed E-state index contributed by atoms with van der Waals surface area (Å²) < 4.78 is 2.88. The van der Waals surface area contributed by atoms with Gasteiger partial charge >= 0.3 is 0 Å². The predicted octanol–water partition coefficient (Wildman–Crippen LogP) is 4.91. The van der Waals surface area contributed by atoms with E-state index in [2.05, 4.69) is 37.9 Å². The molecule has 1 aliphatic carbocycles. The Hall–Kier alpha value is -1.88. The number of aromatic nitrogens is 2. The highest BCUT2D eigenvalue weighted by atomic mass is 127. The van der Waals surface area contributed by atoms with Crippen molar-refractivity contribution in [1.82, 2.24) is 9.78 Å². The van der Waals surface area contributed by atoms with Crippen molar-refractivity contribution in [1.29, 1.82) is 0 Å². The van der Waals surface area contributed by atoms with Crippen LogP contribution in [0.1, 0.15) is 49.6 Å². The van der Waals surface area contributed by atoms with Crippen LogP contribution < -0.4 is 5.32 Å². The van der Waals surface area contributed by atoms with Crippen molar-refractivity contribution in [2.75, 3.05) is 5.32 Å². The fourth-order valence-electron chi connectivity index (χ4n) is 3.00. The van der Waals surface area contributed by atoms with Crippen molar-refractivity contribution in [2.45, 2.75) is 52.0 Å². The van der Waals surface area contributed by atoms with E-state index in [0.717, 1.165) is 39.1 Å². The van der Waals surface area contributed by atoms with Crippen LogP contribution >= 0.6 is 22.6 Å². The molecule has 1 aliphatic rings. The maximum atomic E-state index is 13.0. The molecule has 1 N–H and O–H groups in total. The number of amides is 1. The van der Waals surface area contributed by atoms with Gasteiger partial charge in [0, 0.05) is 5.69 Å². The van der Waals surface area contributed by atoms with Crippen molar-refractivity contribution in [3.63, 3.8) is 0 Å². The van der Waals surface area contributed by atoms with Crippen molar-refractivity contribution in [3.05, 3.63) is 50.1 Å². The third-order valence-corrected chi connectivity index (χ3v) is 6.28.